The van der Waals surface area contributed by atoms with Crippen LogP contribution in [0.3, 0.4) is 0 Å². The molecule has 0 bridgehead atoms. The van der Waals surface area contributed by atoms with Crippen molar-refractivity contribution in [2.75, 3.05) is 13.6 Å². The van der Waals surface area contributed by atoms with E-state index in [0.717, 1.165) is 0 Å². The largest absolute Gasteiger partial charge is 0.406 e. The molecule has 0 atom stereocenters. The van der Waals surface area contributed by atoms with Gasteiger partial charge in [-0.25, -0.2) is 0 Å². The summed E-state index contributed by atoms with van der Waals surface area (Å²) in [5.41, 5.74) is -1.71. The van der Waals surface area contributed by atoms with E-state index in [-0.39, 0.29) is 31.7 Å². The Hall–Kier alpha value is -0.780. The fourth-order valence-corrected chi connectivity index (χ4v) is 1.23. The topological polar surface area (TPSA) is 41.1 Å². The molecule has 1 aliphatic rings. The Morgan fingerprint density at radius 1 is 1.43 bits per heavy atom. The number of carbonyl (C=O) groups excluding carboxylic acids is 1. The predicted octanol–water partition coefficient (Wildman–Crippen LogP) is 0.807. The second-order valence-electron chi connectivity index (χ2n) is 3.43. The molecule has 3 nitrogen and oxygen atoms in total. The Labute approximate surface area is 80.0 Å². The second-order valence-corrected chi connectivity index (χ2v) is 3.43. The lowest BCUT2D eigenvalue weighted by Crippen LogP contribution is -2.45. The van der Waals surface area contributed by atoms with Crippen LogP contribution in [0.1, 0.15) is 19.3 Å². The van der Waals surface area contributed by atoms with Crippen molar-refractivity contribution in [1.29, 1.82) is 0 Å². The maximum atomic E-state index is 12.3. The maximum Gasteiger partial charge on any atom is 0.406 e. The van der Waals surface area contributed by atoms with Crippen LogP contribution >= 0.6 is 0 Å². The second kappa shape index (κ2) is 3.76. The quantitative estimate of drug-likeness (QED) is 0.720. The first-order valence-corrected chi connectivity index (χ1v) is 4.44. The van der Waals surface area contributed by atoms with Gasteiger partial charge >= 0.3 is 6.18 Å². The molecule has 0 radical (unpaired) electrons. The summed E-state index contributed by atoms with van der Waals surface area (Å²) in [5.74, 6) is -0.254. The van der Waals surface area contributed by atoms with Crippen molar-refractivity contribution in [2.45, 2.75) is 31.0 Å². The van der Waals surface area contributed by atoms with Crippen LogP contribution in [0.25, 0.3) is 0 Å². The van der Waals surface area contributed by atoms with Crippen LogP contribution in [0, 0.1) is 0 Å². The minimum absolute atomic E-state index is 0.0686. The molecule has 0 aromatic heterocycles. The van der Waals surface area contributed by atoms with E-state index in [9.17, 15) is 18.0 Å². The molecule has 1 aliphatic carbocycles. The standard InChI is InChI=1S/C8H13F3N2O/c1-12-6(14)2-5-13-7(3-4-7)8(9,10)11/h13H,2-5H2,1H3,(H,12,14). The van der Waals surface area contributed by atoms with E-state index in [1.54, 1.807) is 0 Å². The number of halogens is 3. The smallest absolute Gasteiger partial charge is 0.359 e. The van der Waals surface area contributed by atoms with Gasteiger partial charge in [-0.2, -0.15) is 13.2 Å². The zero-order chi connectivity index (χ0) is 10.8. The summed E-state index contributed by atoms with van der Waals surface area (Å²) in [4.78, 5) is 10.7. The molecule has 1 saturated carbocycles. The first kappa shape index (κ1) is 11.3. The fourth-order valence-electron chi connectivity index (χ4n) is 1.23. The number of hydrogen-bond donors (Lipinski definition) is 2. The minimum atomic E-state index is -4.20. The first-order chi connectivity index (χ1) is 6.41. The van der Waals surface area contributed by atoms with Gasteiger partial charge in [0.15, 0.2) is 0 Å². The van der Waals surface area contributed by atoms with Crippen molar-refractivity contribution in [3.8, 4) is 0 Å². The van der Waals surface area contributed by atoms with E-state index >= 15 is 0 Å². The molecule has 0 aromatic rings. The van der Waals surface area contributed by atoms with Crippen LogP contribution in [0.15, 0.2) is 0 Å². The van der Waals surface area contributed by atoms with Gasteiger partial charge in [0.1, 0.15) is 5.54 Å². The van der Waals surface area contributed by atoms with Crippen molar-refractivity contribution >= 4 is 5.91 Å². The lowest BCUT2D eigenvalue weighted by atomic mass is 10.2. The van der Waals surface area contributed by atoms with Crippen LogP contribution in [0.4, 0.5) is 13.2 Å². The highest BCUT2D eigenvalue weighted by Crippen LogP contribution is 2.48. The number of rotatable bonds is 4. The van der Waals surface area contributed by atoms with Crippen LogP contribution in [0.2, 0.25) is 0 Å². The maximum absolute atomic E-state index is 12.3. The van der Waals surface area contributed by atoms with Gasteiger partial charge in [-0.3, -0.25) is 4.79 Å². The number of hydrogen-bond acceptors (Lipinski definition) is 2. The summed E-state index contributed by atoms with van der Waals surface area (Å²) in [6.07, 6.45) is -3.89. The molecule has 14 heavy (non-hydrogen) atoms. The molecular weight excluding hydrogens is 197 g/mol. The van der Waals surface area contributed by atoms with Gasteiger partial charge in [0, 0.05) is 20.0 Å². The van der Waals surface area contributed by atoms with Gasteiger partial charge in [0.25, 0.3) is 0 Å². The van der Waals surface area contributed by atoms with Gasteiger partial charge in [0.2, 0.25) is 5.91 Å². The van der Waals surface area contributed by atoms with E-state index in [4.69, 9.17) is 0 Å². The molecular formula is C8H13F3N2O. The molecule has 0 aromatic carbocycles. The highest BCUT2D eigenvalue weighted by atomic mass is 19.4. The van der Waals surface area contributed by atoms with Gasteiger partial charge in [-0.05, 0) is 12.8 Å². The normalized spacial score (nSPS) is 19.1. The highest BCUT2D eigenvalue weighted by molar-refractivity contribution is 5.75. The van der Waals surface area contributed by atoms with Crippen molar-refractivity contribution in [3.63, 3.8) is 0 Å². The summed E-state index contributed by atoms with van der Waals surface area (Å²) in [6, 6.07) is 0. The molecule has 2 N–H and O–H groups in total. The summed E-state index contributed by atoms with van der Waals surface area (Å²) < 4.78 is 37.0. The molecule has 0 spiro atoms. The third-order valence-electron chi connectivity index (χ3n) is 2.39. The lowest BCUT2D eigenvalue weighted by molar-refractivity contribution is -0.166. The molecule has 6 heteroatoms. The van der Waals surface area contributed by atoms with Gasteiger partial charge in [-0.15, -0.1) is 0 Å². The van der Waals surface area contributed by atoms with Crippen molar-refractivity contribution in [1.82, 2.24) is 10.6 Å². The minimum Gasteiger partial charge on any atom is -0.359 e. The molecule has 1 rings (SSSR count). The van der Waals surface area contributed by atoms with Crippen LogP contribution in [0.5, 0.6) is 0 Å². The SMILES string of the molecule is CNC(=O)CCNC1(C(F)(F)F)CC1. The number of alkyl halides is 3. The number of nitrogens with one attached hydrogen (secondary N) is 2. The van der Waals surface area contributed by atoms with Crippen LogP contribution in [-0.4, -0.2) is 31.2 Å². The summed E-state index contributed by atoms with van der Waals surface area (Å²) >= 11 is 0. The zero-order valence-corrected chi connectivity index (χ0v) is 7.87. The van der Waals surface area contributed by atoms with Gasteiger partial charge in [0.05, 0.1) is 0 Å². The zero-order valence-electron chi connectivity index (χ0n) is 7.87. The Kier molecular flexibility index (Phi) is 3.04. The molecule has 1 amide bonds. The van der Waals surface area contributed by atoms with Crippen LogP contribution in [-0.2, 0) is 4.79 Å². The van der Waals surface area contributed by atoms with E-state index in [1.807, 2.05) is 0 Å². The summed E-state index contributed by atoms with van der Waals surface area (Å²) in [5, 5.41) is 4.74. The van der Waals surface area contributed by atoms with Crippen molar-refractivity contribution < 1.29 is 18.0 Å². The number of carbonyl (C=O) groups is 1. The van der Waals surface area contributed by atoms with Gasteiger partial charge in [-0.1, -0.05) is 0 Å². The summed E-state index contributed by atoms with van der Waals surface area (Å²) in [6.45, 7) is 0.0686. The highest BCUT2D eigenvalue weighted by Gasteiger charge is 2.62. The third-order valence-corrected chi connectivity index (χ3v) is 2.39. The van der Waals surface area contributed by atoms with E-state index in [0.29, 0.717) is 0 Å². The number of amides is 1. The lowest BCUT2D eigenvalue weighted by Gasteiger charge is -2.20. The first-order valence-electron chi connectivity index (χ1n) is 4.44. The average Bonchev–Trinajstić information content (AvgIpc) is 2.84. The van der Waals surface area contributed by atoms with E-state index in [1.165, 1.54) is 7.05 Å². The molecule has 1 fully saturated rings. The molecule has 0 heterocycles. The Morgan fingerprint density at radius 3 is 2.36 bits per heavy atom. The predicted molar refractivity (Wildman–Crippen MR) is 44.7 cm³/mol. The Balaban J connectivity index is 2.28. The Morgan fingerprint density at radius 2 is 2.00 bits per heavy atom. The average molecular weight is 210 g/mol. The monoisotopic (exact) mass is 210 g/mol. The van der Waals surface area contributed by atoms with Crippen LogP contribution < -0.4 is 10.6 Å². The van der Waals surface area contributed by atoms with Crippen molar-refractivity contribution in [3.05, 3.63) is 0 Å². The van der Waals surface area contributed by atoms with Gasteiger partial charge < -0.3 is 10.6 Å². The Bertz CT molecular complexity index is 223. The molecule has 0 saturated heterocycles. The van der Waals surface area contributed by atoms with E-state index in [2.05, 4.69) is 10.6 Å². The fraction of sp³-hybridized carbons (Fsp3) is 0.875. The third kappa shape index (κ3) is 2.37. The summed E-state index contributed by atoms with van der Waals surface area (Å²) in [7, 11) is 1.46. The molecule has 0 aliphatic heterocycles. The molecule has 82 valence electrons. The molecule has 0 unspecified atom stereocenters. The van der Waals surface area contributed by atoms with Crippen molar-refractivity contribution in [2.24, 2.45) is 0 Å². The van der Waals surface area contributed by atoms with E-state index < -0.39 is 11.7 Å².